The second kappa shape index (κ2) is 6.35. The molecule has 2 unspecified atom stereocenters. The fourth-order valence-electron chi connectivity index (χ4n) is 4.87. The van der Waals surface area contributed by atoms with Gasteiger partial charge < -0.3 is 14.6 Å². The van der Waals surface area contributed by atoms with Crippen LogP contribution >= 0.6 is 0 Å². The first-order valence-electron chi connectivity index (χ1n) is 10.0. The van der Waals surface area contributed by atoms with Gasteiger partial charge in [-0.2, -0.15) is 5.26 Å². The van der Waals surface area contributed by atoms with Crippen LogP contribution in [-0.4, -0.2) is 32.4 Å². The molecule has 0 radical (unpaired) electrons. The maximum Gasteiger partial charge on any atom is 0.322 e. The predicted molar refractivity (Wildman–Crippen MR) is 113 cm³/mol. The van der Waals surface area contributed by atoms with Crippen LogP contribution in [0, 0.1) is 23.7 Å². The minimum atomic E-state index is -0.300. The third-order valence-electron chi connectivity index (χ3n) is 6.38. The number of hydrogen-bond donors (Lipinski definition) is 1. The van der Waals surface area contributed by atoms with Crippen LogP contribution in [0.4, 0.5) is 10.5 Å². The minimum Gasteiger partial charge on any atom is -0.318 e. The highest BCUT2D eigenvalue weighted by Crippen LogP contribution is 2.47. The van der Waals surface area contributed by atoms with Gasteiger partial charge in [0, 0.05) is 43.4 Å². The van der Waals surface area contributed by atoms with Crippen molar-refractivity contribution in [2.24, 2.45) is 5.41 Å². The van der Waals surface area contributed by atoms with Crippen LogP contribution in [0.3, 0.4) is 0 Å². The van der Waals surface area contributed by atoms with Crippen molar-refractivity contribution in [2.45, 2.75) is 45.2 Å². The second-order valence-corrected chi connectivity index (χ2v) is 8.61. The third kappa shape index (κ3) is 2.94. The molecule has 6 nitrogen and oxygen atoms in total. The summed E-state index contributed by atoms with van der Waals surface area (Å²) in [6, 6.07) is 12.6. The molecule has 1 N–H and O–H groups in total. The van der Waals surface area contributed by atoms with Crippen LogP contribution in [0.15, 0.2) is 48.9 Å². The molecule has 1 saturated carbocycles. The van der Waals surface area contributed by atoms with E-state index in [-0.39, 0.29) is 25.0 Å². The van der Waals surface area contributed by atoms with Gasteiger partial charge in [-0.15, -0.1) is 0 Å². The van der Waals surface area contributed by atoms with E-state index in [2.05, 4.69) is 29.5 Å². The van der Waals surface area contributed by atoms with Gasteiger partial charge in [0.15, 0.2) is 0 Å². The van der Waals surface area contributed by atoms with E-state index in [1.54, 1.807) is 0 Å². The zero-order valence-corrected chi connectivity index (χ0v) is 16.6. The van der Waals surface area contributed by atoms with E-state index in [1.807, 2.05) is 58.9 Å². The summed E-state index contributed by atoms with van der Waals surface area (Å²) in [6.45, 7) is 4.06. The normalized spacial score (nSPS) is 25.3. The van der Waals surface area contributed by atoms with E-state index >= 15 is 0 Å². The molecule has 3 aromatic rings. The molecule has 2 aliphatic rings. The Hall–Kier alpha value is -3.33. The minimum absolute atomic E-state index is 0. The van der Waals surface area contributed by atoms with E-state index < -0.39 is 0 Å². The number of piperidine rings is 1. The fourth-order valence-corrected chi connectivity index (χ4v) is 4.87. The van der Waals surface area contributed by atoms with E-state index in [0.29, 0.717) is 0 Å². The molecule has 3 heterocycles. The molecular formula is C23H25N5O. The van der Waals surface area contributed by atoms with Crippen molar-refractivity contribution in [1.82, 2.24) is 14.3 Å². The highest BCUT2D eigenvalue weighted by Gasteiger charge is 2.52. The molecule has 1 aliphatic carbocycles. The van der Waals surface area contributed by atoms with Gasteiger partial charge in [0.05, 0.1) is 11.5 Å². The quantitative estimate of drug-likeness (QED) is 0.683. The van der Waals surface area contributed by atoms with Crippen molar-refractivity contribution in [2.75, 3.05) is 5.32 Å². The Labute approximate surface area is 171 Å². The molecule has 6 heteroatoms. The van der Waals surface area contributed by atoms with Crippen molar-refractivity contribution in [1.29, 1.82) is 5.26 Å². The van der Waals surface area contributed by atoms with E-state index in [9.17, 15) is 10.1 Å². The standard InChI is InChI=1S/C23H23N5O.H2/c1-15-5-6-17(8-20(15)16-12-25-21-4-3-7-27(21)13-16)26-22(29)28-18-9-19(28)11-23(2,10-18)14-24;/h3-8,12-13,18-19H,9-11H2,1-2H3,(H,26,29);1H. The Bertz CT molecular complexity index is 1150. The first kappa shape index (κ1) is 17.7. The zero-order chi connectivity index (χ0) is 20.2. The number of aromatic nitrogens is 2. The Balaban J connectivity index is 0.00000218. The lowest BCUT2D eigenvalue weighted by atomic mass is 9.66. The first-order valence-corrected chi connectivity index (χ1v) is 10.0. The number of nitriles is 1. The molecule has 2 bridgehead atoms. The summed E-state index contributed by atoms with van der Waals surface area (Å²) < 4.78 is 1.99. The van der Waals surface area contributed by atoms with Crippen molar-refractivity contribution in [3.05, 3.63) is 54.5 Å². The summed E-state index contributed by atoms with van der Waals surface area (Å²) in [5, 5.41) is 12.5. The summed E-state index contributed by atoms with van der Waals surface area (Å²) in [4.78, 5) is 19.3. The molecule has 1 aromatic carbocycles. The SMILES string of the molecule is Cc1ccc(NC(=O)N2C3CC2CC(C)(C#N)C3)cc1-c1cnc2cccn2c1.[HH]. The lowest BCUT2D eigenvalue weighted by molar-refractivity contribution is -0.0271. The average molecular weight is 387 g/mol. The van der Waals surface area contributed by atoms with E-state index in [4.69, 9.17) is 0 Å². The smallest absolute Gasteiger partial charge is 0.318 e. The van der Waals surface area contributed by atoms with Crippen LogP contribution in [0.2, 0.25) is 0 Å². The molecule has 148 valence electrons. The maximum absolute atomic E-state index is 12.9. The van der Waals surface area contributed by atoms with E-state index in [0.717, 1.165) is 47.3 Å². The van der Waals surface area contributed by atoms with Gasteiger partial charge >= 0.3 is 6.03 Å². The Morgan fingerprint density at radius 3 is 2.90 bits per heavy atom. The summed E-state index contributed by atoms with van der Waals surface area (Å²) in [5.41, 5.74) is 4.56. The summed E-state index contributed by atoms with van der Waals surface area (Å²) >= 11 is 0. The number of carbonyl (C=O) groups excluding carboxylic acids is 1. The van der Waals surface area contributed by atoms with Gasteiger partial charge in [0.25, 0.3) is 0 Å². The number of likely N-dealkylation sites (tertiary alicyclic amines) is 1. The van der Waals surface area contributed by atoms with Crippen LogP contribution < -0.4 is 5.32 Å². The zero-order valence-electron chi connectivity index (χ0n) is 16.6. The largest absolute Gasteiger partial charge is 0.322 e. The molecule has 29 heavy (non-hydrogen) atoms. The molecule has 2 atom stereocenters. The van der Waals surface area contributed by atoms with Crippen LogP contribution in [0.5, 0.6) is 0 Å². The van der Waals surface area contributed by atoms with Gasteiger partial charge in [-0.1, -0.05) is 6.07 Å². The fraction of sp³-hybridized carbons (Fsp3) is 0.348. The molecule has 2 amide bonds. The van der Waals surface area contributed by atoms with Crippen molar-refractivity contribution in [3.8, 4) is 17.2 Å². The van der Waals surface area contributed by atoms with Crippen molar-refractivity contribution < 1.29 is 6.22 Å². The number of benzene rings is 1. The highest BCUT2D eigenvalue weighted by molar-refractivity contribution is 5.91. The molecular weight excluding hydrogens is 362 g/mol. The van der Waals surface area contributed by atoms with Crippen LogP contribution in [-0.2, 0) is 0 Å². The molecule has 5 rings (SSSR count). The number of hydrogen-bond acceptors (Lipinski definition) is 3. The number of anilines is 1. The molecule has 1 aliphatic heterocycles. The lowest BCUT2D eigenvalue weighted by Gasteiger charge is -2.56. The molecule has 2 aromatic heterocycles. The monoisotopic (exact) mass is 387 g/mol. The number of nitrogens with one attached hydrogen (secondary N) is 1. The summed E-state index contributed by atoms with van der Waals surface area (Å²) in [7, 11) is 0. The number of nitrogens with zero attached hydrogens (tertiary/aromatic N) is 4. The van der Waals surface area contributed by atoms with Gasteiger partial charge in [0.1, 0.15) is 5.65 Å². The molecule has 2 fully saturated rings. The molecule has 0 spiro atoms. The second-order valence-electron chi connectivity index (χ2n) is 8.61. The Morgan fingerprint density at radius 2 is 2.14 bits per heavy atom. The number of fused-ring (bicyclic) bond motifs is 3. The maximum atomic E-state index is 12.9. The summed E-state index contributed by atoms with van der Waals surface area (Å²) in [6.07, 6.45) is 8.42. The first-order chi connectivity index (χ1) is 14.0. The number of amides is 2. The van der Waals surface area contributed by atoms with E-state index in [1.165, 1.54) is 0 Å². The van der Waals surface area contributed by atoms with Gasteiger partial charge in [0.2, 0.25) is 0 Å². The Kier molecular flexibility index (Phi) is 3.88. The van der Waals surface area contributed by atoms with Gasteiger partial charge in [-0.05, 0) is 68.5 Å². The average Bonchev–Trinajstić information content (AvgIpc) is 3.17. The topological polar surface area (TPSA) is 73.4 Å². The lowest BCUT2D eigenvalue weighted by Crippen LogP contribution is -2.65. The van der Waals surface area contributed by atoms with Crippen LogP contribution in [0.25, 0.3) is 16.8 Å². The number of carbonyl (C=O) groups is 1. The number of urea groups is 1. The third-order valence-corrected chi connectivity index (χ3v) is 6.38. The Morgan fingerprint density at radius 1 is 1.34 bits per heavy atom. The predicted octanol–water partition coefficient (Wildman–Crippen LogP) is 4.85. The van der Waals surface area contributed by atoms with Crippen LogP contribution in [0.1, 0.15) is 33.2 Å². The van der Waals surface area contributed by atoms with Crippen molar-refractivity contribution >= 4 is 17.4 Å². The highest BCUT2D eigenvalue weighted by atomic mass is 16.2. The summed E-state index contributed by atoms with van der Waals surface area (Å²) in [5.74, 6) is 0. The van der Waals surface area contributed by atoms with Gasteiger partial charge in [-0.3, -0.25) is 0 Å². The van der Waals surface area contributed by atoms with Gasteiger partial charge in [-0.25, -0.2) is 9.78 Å². The number of aryl methyl sites for hydroxylation is 1. The van der Waals surface area contributed by atoms with Crippen molar-refractivity contribution in [3.63, 3.8) is 0 Å². The molecule has 1 saturated heterocycles. The number of rotatable bonds is 2.